The van der Waals surface area contributed by atoms with Crippen molar-refractivity contribution in [2.45, 2.75) is 103 Å². The predicted molar refractivity (Wildman–Crippen MR) is 140 cm³/mol. The molecule has 0 saturated heterocycles. The lowest BCUT2D eigenvalue weighted by molar-refractivity contribution is -0.119. The highest BCUT2D eigenvalue weighted by atomic mass is 16.6. The van der Waals surface area contributed by atoms with Gasteiger partial charge in [0.05, 0.1) is 6.54 Å². The lowest BCUT2D eigenvalue weighted by Crippen LogP contribution is -2.48. The summed E-state index contributed by atoms with van der Waals surface area (Å²) in [5.41, 5.74) is 1.62. The van der Waals surface area contributed by atoms with Gasteiger partial charge in [0.15, 0.2) is 0 Å². The highest BCUT2D eigenvalue weighted by Crippen LogP contribution is 2.38. The molecule has 3 N–H and O–H groups in total. The lowest BCUT2D eigenvalue weighted by atomic mass is 9.87. The number of fused-ring (bicyclic) bond motifs is 1. The highest BCUT2D eigenvalue weighted by molar-refractivity contribution is 5.95. The van der Waals surface area contributed by atoms with Crippen LogP contribution in [0.2, 0.25) is 0 Å². The van der Waals surface area contributed by atoms with Crippen molar-refractivity contribution in [1.82, 2.24) is 16.0 Å². The fourth-order valence-electron chi connectivity index (χ4n) is 4.99. The molecule has 196 valence electrons. The number of hydrogen-bond donors (Lipinski definition) is 3. The summed E-state index contributed by atoms with van der Waals surface area (Å²) in [6.07, 6.45) is 4.51. The first-order valence-electron chi connectivity index (χ1n) is 13.0. The van der Waals surface area contributed by atoms with Crippen molar-refractivity contribution in [3.63, 3.8) is 0 Å². The second-order valence-corrected chi connectivity index (χ2v) is 10.7. The second-order valence-electron chi connectivity index (χ2n) is 10.7. The van der Waals surface area contributed by atoms with E-state index >= 15 is 0 Å². The molecule has 2 aliphatic rings. The normalized spacial score (nSPS) is 23.5. The lowest BCUT2D eigenvalue weighted by Gasteiger charge is -2.41. The Morgan fingerprint density at radius 2 is 1.75 bits per heavy atom. The van der Waals surface area contributed by atoms with Crippen LogP contribution in [0.15, 0.2) is 24.3 Å². The number of benzene rings is 1. The van der Waals surface area contributed by atoms with E-state index in [4.69, 9.17) is 4.74 Å². The Labute approximate surface area is 214 Å². The van der Waals surface area contributed by atoms with Gasteiger partial charge in [-0.3, -0.25) is 9.59 Å². The molecule has 1 aliphatic carbocycles. The summed E-state index contributed by atoms with van der Waals surface area (Å²) >= 11 is 0. The zero-order valence-electron chi connectivity index (χ0n) is 22.1. The zero-order chi connectivity index (χ0) is 26.3. The minimum atomic E-state index is -0.574. The summed E-state index contributed by atoms with van der Waals surface area (Å²) < 4.78 is 5.14. The molecule has 8 heteroatoms. The number of anilines is 1. The number of rotatable bonds is 5. The largest absolute Gasteiger partial charge is 0.444 e. The first-order valence-corrected chi connectivity index (χ1v) is 13.0. The summed E-state index contributed by atoms with van der Waals surface area (Å²) in [4.78, 5) is 38.3. The molecule has 3 rings (SSSR count). The molecule has 1 saturated carbocycles. The zero-order valence-corrected chi connectivity index (χ0v) is 22.1. The third kappa shape index (κ3) is 7.72. The van der Waals surface area contributed by atoms with Crippen LogP contribution >= 0.6 is 0 Å². The van der Waals surface area contributed by atoms with Crippen LogP contribution in [0.25, 0.3) is 0 Å². The number of nitrogens with zero attached hydrogens (tertiary/aromatic N) is 1. The molecule has 1 aromatic carbocycles. The van der Waals surface area contributed by atoms with Gasteiger partial charge in [0.1, 0.15) is 5.60 Å². The molecule has 8 nitrogen and oxygen atoms in total. The molecule has 0 unspecified atom stereocenters. The number of para-hydroxylation sites is 1. The van der Waals surface area contributed by atoms with Crippen LogP contribution in [-0.2, 0) is 14.3 Å². The van der Waals surface area contributed by atoms with Crippen molar-refractivity contribution in [2.24, 2.45) is 0 Å². The third-order valence-corrected chi connectivity index (χ3v) is 6.58. The van der Waals surface area contributed by atoms with E-state index in [1.807, 2.05) is 30.0 Å². The first-order chi connectivity index (χ1) is 17.1. The van der Waals surface area contributed by atoms with E-state index in [0.717, 1.165) is 37.8 Å². The second kappa shape index (κ2) is 12.3. The molecular formula is C28H40N4O4. The number of nitrogens with one attached hydrogen (secondary N) is 3. The summed E-state index contributed by atoms with van der Waals surface area (Å²) in [7, 11) is 0. The number of carbonyl (C=O) groups is 3. The number of carbonyl (C=O) groups excluding carboxylic acids is 3. The maximum atomic E-state index is 12.6. The molecule has 1 fully saturated rings. The number of alkyl carbamates (subject to hydrolysis) is 1. The van der Waals surface area contributed by atoms with E-state index in [1.165, 1.54) is 5.56 Å². The van der Waals surface area contributed by atoms with Crippen molar-refractivity contribution in [3.8, 4) is 11.8 Å². The number of amides is 3. The predicted octanol–water partition coefficient (Wildman–Crippen LogP) is 3.81. The van der Waals surface area contributed by atoms with Gasteiger partial charge in [-0.1, -0.05) is 31.0 Å². The Bertz CT molecular complexity index is 999. The van der Waals surface area contributed by atoms with Gasteiger partial charge in [-0.2, -0.15) is 0 Å². The molecule has 1 heterocycles. The van der Waals surface area contributed by atoms with Crippen molar-refractivity contribution in [3.05, 3.63) is 29.8 Å². The minimum absolute atomic E-state index is 0.0571. The molecular weight excluding hydrogens is 456 g/mol. The van der Waals surface area contributed by atoms with E-state index < -0.39 is 11.7 Å². The smallest absolute Gasteiger partial charge is 0.408 e. The Morgan fingerprint density at radius 1 is 1.08 bits per heavy atom. The van der Waals surface area contributed by atoms with Crippen LogP contribution < -0.4 is 20.9 Å². The standard InChI is InChI=1S/C28H40N4O4/c1-6-26(34)32-19(2)18-23(22-10-7-8-11-24(22)32)30-20-13-15-21(16-14-20)31-25(33)12-9-17-29-27(35)36-28(3,4)5/h7-8,10-11,19-21,23,30H,6,13-18H2,1-5H3,(H,29,35)(H,31,33)/t19-,20?,21?,23+/m0/s1. The van der Waals surface area contributed by atoms with Gasteiger partial charge in [-0.05, 0) is 77.3 Å². The Kier molecular flexibility index (Phi) is 9.38. The molecule has 0 spiro atoms. The molecule has 0 bridgehead atoms. The van der Waals surface area contributed by atoms with E-state index in [1.54, 1.807) is 20.8 Å². The molecule has 36 heavy (non-hydrogen) atoms. The highest BCUT2D eigenvalue weighted by Gasteiger charge is 2.34. The molecule has 1 aliphatic heterocycles. The Morgan fingerprint density at radius 3 is 2.42 bits per heavy atom. The summed E-state index contributed by atoms with van der Waals surface area (Å²) in [6, 6.07) is 9.00. The van der Waals surface area contributed by atoms with E-state index in [9.17, 15) is 14.4 Å². The van der Waals surface area contributed by atoms with E-state index in [-0.39, 0.29) is 36.5 Å². The Hall–Kier alpha value is -3.05. The summed E-state index contributed by atoms with van der Waals surface area (Å²) in [6.45, 7) is 9.44. The summed E-state index contributed by atoms with van der Waals surface area (Å²) in [5, 5.41) is 9.34. The van der Waals surface area contributed by atoms with E-state index in [0.29, 0.717) is 12.5 Å². The summed E-state index contributed by atoms with van der Waals surface area (Å²) in [5.74, 6) is 5.04. The van der Waals surface area contributed by atoms with Crippen LogP contribution in [0.3, 0.4) is 0 Å². The monoisotopic (exact) mass is 496 g/mol. The average molecular weight is 497 g/mol. The van der Waals surface area contributed by atoms with Crippen molar-refractivity contribution < 1.29 is 19.1 Å². The van der Waals surface area contributed by atoms with Gasteiger partial charge < -0.3 is 25.6 Å². The fraction of sp³-hybridized carbons (Fsp3) is 0.607. The van der Waals surface area contributed by atoms with Gasteiger partial charge in [0.2, 0.25) is 5.91 Å². The molecule has 2 atom stereocenters. The quantitative estimate of drug-likeness (QED) is 0.539. The van der Waals surface area contributed by atoms with Gasteiger partial charge in [-0.25, -0.2) is 4.79 Å². The van der Waals surface area contributed by atoms with Gasteiger partial charge in [-0.15, -0.1) is 0 Å². The van der Waals surface area contributed by atoms with Gasteiger partial charge in [0, 0.05) is 36.3 Å². The maximum absolute atomic E-state index is 12.6. The minimum Gasteiger partial charge on any atom is -0.444 e. The van der Waals surface area contributed by atoms with Crippen molar-refractivity contribution in [2.75, 3.05) is 11.4 Å². The van der Waals surface area contributed by atoms with Crippen LogP contribution in [0.1, 0.15) is 84.7 Å². The van der Waals surface area contributed by atoms with Crippen LogP contribution in [-0.4, -0.2) is 48.2 Å². The maximum Gasteiger partial charge on any atom is 0.408 e. The van der Waals surface area contributed by atoms with Crippen LogP contribution in [0, 0.1) is 11.8 Å². The van der Waals surface area contributed by atoms with Gasteiger partial charge in [0.25, 0.3) is 5.91 Å². The van der Waals surface area contributed by atoms with Crippen molar-refractivity contribution in [1.29, 1.82) is 0 Å². The van der Waals surface area contributed by atoms with Crippen LogP contribution in [0.5, 0.6) is 0 Å². The van der Waals surface area contributed by atoms with Gasteiger partial charge >= 0.3 is 6.09 Å². The molecule has 0 aromatic heterocycles. The molecule has 3 amide bonds. The molecule has 0 radical (unpaired) electrons. The SMILES string of the molecule is CCC(=O)N1c2ccccc2[C@H](NC2CCC(NC(=O)C#CCNC(=O)OC(C)(C)C)CC2)C[C@@H]1C. The van der Waals surface area contributed by atoms with E-state index in [2.05, 4.69) is 40.8 Å². The van der Waals surface area contributed by atoms with Crippen LogP contribution in [0.4, 0.5) is 10.5 Å². The number of hydrogen-bond acceptors (Lipinski definition) is 5. The fourth-order valence-corrected chi connectivity index (χ4v) is 4.99. The van der Waals surface area contributed by atoms with Crippen molar-refractivity contribution >= 4 is 23.6 Å². The average Bonchev–Trinajstić information content (AvgIpc) is 2.81. The third-order valence-electron chi connectivity index (χ3n) is 6.58. The molecule has 1 aromatic rings. The topological polar surface area (TPSA) is 99.8 Å². The Balaban J connectivity index is 1.46. The number of ether oxygens (including phenoxy) is 1. The first kappa shape index (κ1) is 27.5.